The van der Waals surface area contributed by atoms with E-state index in [1.165, 1.54) is 6.07 Å². The molecule has 5 rings (SSSR count). The number of benzene rings is 2. The maximum atomic E-state index is 13.4. The number of nitrogens with zero attached hydrogens (tertiary/aromatic N) is 5. The average molecular weight is 648 g/mol. The summed E-state index contributed by atoms with van der Waals surface area (Å²) in [6, 6.07) is 10.1. The van der Waals surface area contributed by atoms with Crippen molar-refractivity contribution in [2.45, 2.75) is 45.2 Å². The summed E-state index contributed by atoms with van der Waals surface area (Å²) in [5, 5.41) is 12.1. The molecule has 1 N–H and O–H groups in total. The number of piperidine rings is 1. The summed E-state index contributed by atoms with van der Waals surface area (Å²) < 4.78 is 2.62. The summed E-state index contributed by atoms with van der Waals surface area (Å²) in [5.74, 6) is -0.630. The third-order valence-electron chi connectivity index (χ3n) is 7.54. The number of rotatable bonds is 6. The van der Waals surface area contributed by atoms with Gasteiger partial charge in [0, 0.05) is 35.0 Å². The first kappa shape index (κ1) is 28.6. The van der Waals surface area contributed by atoms with Crippen molar-refractivity contribution in [1.29, 1.82) is 0 Å². The van der Waals surface area contributed by atoms with Crippen molar-refractivity contribution in [2.24, 2.45) is 5.92 Å². The number of hydrogen-bond acceptors (Lipinski definition) is 5. The van der Waals surface area contributed by atoms with Crippen LogP contribution in [0, 0.1) is 12.8 Å². The minimum Gasteiger partial charge on any atom is -0.350 e. The Balaban J connectivity index is 1.13. The smallest absolute Gasteiger partial charge is 0.256 e. The maximum absolute atomic E-state index is 13.4. The molecule has 0 bridgehead atoms. The molecule has 0 saturated carbocycles. The standard InChI is InChI=1S/C28H29BrCl2N6O3/c1-17-4-2-5-23(25(17)29)37-16-20(33-34-37)15-32-26(38)18-9-12-35(13-10-18)28(40)24-6-3-11-36(24)27(39)21-14-19(30)7-8-22(21)31/h2,4-5,7-8,14,16,18,24H,3,6,9-13,15H2,1H3,(H,32,38). The summed E-state index contributed by atoms with van der Waals surface area (Å²) in [5.41, 5.74) is 2.92. The highest BCUT2D eigenvalue weighted by Gasteiger charge is 2.39. The number of nitrogens with one attached hydrogen (secondary N) is 1. The second-order valence-corrected chi connectivity index (χ2v) is 11.8. The number of aromatic nitrogens is 3. The van der Waals surface area contributed by atoms with E-state index in [1.54, 1.807) is 32.8 Å². The highest BCUT2D eigenvalue weighted by atomic mass is 79.9. The minimum absolute atomic E-state index is 0.0633. The van der Waals surface area contributed by atoms with Crippen molar-refractivity contribution in [2.75, 3.05) is 19.6 Å². The second kappa shape index (κ2) is 12.3. The normalized spacial score (nSPS) is 17.8. The fraction of sp³-hybridized carbons (Fsp3) is 0.393. The SMILES string of the molecule is Cc1cccc(-n2cc(CNC(=O)C3CCN(C(=O)C4CCCN4C(=O)c4cc(Cl)ccc4Cl)CC3)nn2)c1Br. The molecule has 0 spiro atoms. The van der Waals surface area contributed by atoms with Gasteiger partial charge in [-0.15, -0.1) is 5.10 Å². The Morgan fingerprint density at radius 2 is 1.85 bits per heavy atom. The number of likely N-dealkylation sites (tertiary alicyclic amines) is 2. The summed E-state index contributed by atoms with van der Waals surface area (Å²) in [6.45, 7) is 3.69. The molecule has 3 heterocycles. The van der Waals surface area contributed by atoms with Crippen molar-refractivity contribution in [3.8, 4) is 5.69 Å². The zero-order chi connectivity index (χ0) is 28.4. The van der Waals surface area contributed by atoms with Crippen LogP contribution in [0.5, 0.6) is 0 Å². The average Bonchev–Trinajstić information content (AvgIpc) is 3.64. The number of carbonyl (C=O) groups excluding carboxylic acids is 3. The molecule has 2 aliphatic heterocycles. The van der Waals surface area contributed by atoms with Crippen LogP contribution < -0.4 is 5.32 Å². The fourth-order valence-electron chi connectivity index (χ4n) is 5.28. The van der Waals surface area contributed by atoms with E-state index in [0.29, 0.717) is 60.2 Å². The van der Waals surface area contributed by atoms with Gasteiger partial charge in [-0.2, -0.15) is 0 Å². The number of hydrogen-bond donors (Lipinski definition) is 1. The predicted octanol–water partition coefficient (Wildman–Crippen LogP) is 4.80. The van der Waals surface area contributed by atoms with Gasteiger partial charge in [0.25, 0.3) is 5.91 Å². The van der Waals surface area contributed by atoms with Gasteiger partial charge in [-0.05, 0) is 78.4 Å². The first-order valence-corrected chi connectivity index (χ1v) is 14.8. The van der Waals surface area contributed by atoms with Crippen LogP contribution in [-0.4, -0.2) is 68.2 Å². The van der Waals surface area contributed by atoms with Gasteiger partial charge in [-0.3, -0.25) is 14.4 Å². The molecule has 1 aromatic heterocycles. The highest BCUT2D eigenvalue weighted by molar-refractivity contribution is 9.10. The van der Waals surface area contributed by atoms with Crippen molar-refractivity contribution in [3.05, 3.63) is 73.9 Å². The third-order valence-corrected chi connectivity index (χ3v) is 9.13. The molecule has 210 valence electrons. The largest absolute Gasteiger partial charge is 0.350 e. The lowest BCUT2D eigenvalue weighted by molar-refractivity contribution is -0.138. The van der Waals surface area contributed by atoms with Crippen LogP contribution in [0.2, 0.25) is 10.0 Å². The number of aryl methyl sites for hydroxylation is 1. The molecule has 40 heavy (non-hydrogen) atoms. The van der Waals surface area contributed by atoms with Crippen molar-refractivity contribution >= 4 is 56.9 Å². The monoisotopic (exact) mass is 646 g/mol. The Morgan fingerprint density at radius 1 is 1.07 bits per heavy atom. The molecule has 3 amide bonds. The van der Waals surface area contributed by atoms with E-state index in [-0.39, 0.29) is 30.2 Å². The number of amides is 3. The third kappa shape index (κ3) is 6.04. The van der Waals surface area contributed by atoms with E-state index < -0.39 is 6.04 Å². The zero-order valence-electron chi connectivity index (χ0n) is 21.9. The molecule has 1 unspecified atom stereocenters. The molecular formula is C28H29BrCl2N6O3. The van der Waals surface area contributed by atoms with E-state index in [4.69, 9.17) is 23.2 Å². The first-order valence-electron chi connectivity index (χ1n) is 13.2. The topological polar surface area (TPSA) is 100 Å². The van der Waals surface area contributed by atoms with E-state index in [9.17, 15) is 14.4 Å². The van der Waals surface area contributed by atoms with Gasteiger partial charge in [0.05, 0.1) is 29.0 Å². The Labute approximate surface area is 250 Å². The second-order valence-electron chi connectivity index (χ2n) is 10.2. The van der Waals surface area contributed by atoms with Crippen molar-refractivity contribution in [1.82, 2.24) is 30.1 Å². The van der Waals surface area contributed by atoms with Crippen LogP contribution >= 0.6 is 39.1 Å². The molecule has 0 radical (unpaired) electrons. The lowest BCUT2D eigenvalue weighted by Crippen LogP contribution is -2.51. The van der Waals surface area contributed by atoms with Crippen molar-refractivity contribution < 1.29 is 14.4 Å². The predicted molar refractivity (Wildman–Crippen MR) is 155 cm³/mol. The Kier molecular flexibility index (Phi) is 8.77. The van der Waals surface area contributed by atoms with Gasteiger partial charge < -0.3 is 15.1 Å². The summed E-state index contributed by atoms with van der Waals surface area (Å²) in [6.07, 6.45) is 4.25. The molecule has 12 heteroatoms. The summed E-state index contributed by atoms with van der Waals surface area (Å²) in [7, 11) is 0. The van der Waals surface area contributed by atoms with E-state index in [2.05, 4.69) is 31.6 Å². The lowest BCUT2D eigenvalue weighted by Gasteiger charge is -2.35. The van der Waals surface area contributed by atoms with Crippen molar-refractivity contribution in [3.63, 3.8) is 0 Å². The van der Waals surface area contributed by atoms with Gasteiger partial charge in [0.2, 0.25) is 11.8 Å². The van der Waals surface area contributed by atoms with E-state index in [0.717, 1.165) is 22.1 Å². The fourth-order valence-corrected chi connectivity index (χ4v) is 6.10. The highest BCUT2D eigenvalue weighted by Crippen LogP contribution is 2.29. The van der Waals surface area contributed by atoms with Gasteiger partial charge in [0.1, 0.15) is 11.7 Å². The summed E-state index contributed by atoms with van der Waals surface area (Å²) >= 11 is 15.9. The Hall–Kier alpha value is -2.95. The van der Waals surface area contributed by atoms with Gasteiger partial charge in [-0.25, -0.2) is 4.68 Å². The molecule has 0 aliphatic carbocycles. The maximum Gasteiger partial charge on any atom is 0.256 e. The van der Waals surface area contributed by atoms with Crippen LogP contribution in [0.3, 0.4) is 0 Å². The lowest BCUT2D eigenvalue weighted by atomic mass is 9.95. The molecule has 2 aliphatic rings. The van der Waals surface area contributed by atoms with Crippen LogP contribution in [-0.2, 0) is 16.1 Å². The number of halogens is 3. The Morgan fingerprint density at radius 3 is 2.62 bits per heavy atom. The molecule has 9 nitrogen and oxygen atoms in total. The van der Waals surface area contributed by atoms with Gasteiger partial charge in [0.15, 0.2) is 0 Å². The molecule has 3 aromatic rings. The first-order chi connectivity index (χ1) is 19.2. The minimum atomic E-state index is -0.538. The van der Waals surface area contributed by atoms with Crippen LogP contribution in [0.1, 0.15) is 47.3 Å². The van der Waals surface area contributed by atoms with E-state index in [1.807, 2.05) is 25.1 Å². The number of carbonyl (C=O) groups is 3. The molecule has 1 atom stereocenters. The molecular weight excluding hydrogens is 619 g/mol. The Bertz CT molecular complexity index is 1440. The van der Waals surface area contributed by atoms with Crippen LogP contribution in [0.25, 0.3) is 5.69 Å². The molecule has 2 fully saturated rings. The van der Waals surface area contributed by atoms with Gasteiger partial charge >= 0.3 is 0 Å². The van der Waals surface area contributed by atoms with E-state index >= 15 is 0 Å². The molecule has 2 aromatic carbocycles. The quantitative estimate of drug-likeness (QED) is 0.414. The summed E-state index contributed by atoms with van der Waals surface area (Å²) in [4.78, 5) is 42.9. The molecule has 2 saturated heterocycles. The van der Waals surface area contributed by atoms with Gasteiger partial charge in [-0.1, -0.05) is 40.5 Å². The zero-order valence-corrected chi connectivity index (χ0v) is 25.0. The van der Waals surface area contributed by atoms with Crippen LogP contribution in [0.15, 0.2) is 47.1 Å². The van der Waals surface area contributed by atoms with Crippen LogP contribution in [0.4, 0.5) is 0 Å².